The molecule has 1 N–H and O–H groups in total. The van der Waals surface area contributed by atoms with Gasteiger partial charge < -0.3 is 5.32 Å². The van der Waals surface area contributed by atoms with Gasteiger partial charge in [-0.2, -0.15) is 0 Å². The lowest BCUT2D eigenvalue weighted by Gasteiger charge is -2.07. The summed E-state index contributed by atoms with van der Waals surface area (Å²) < 4.78 is 0. The zero-order chi connectivity index (χ0) is 13.7. The summed E-state index contributed by atoms with van der Waals surface area (Å²) in [7, 11) is 0. The van der Waals surface area contributed by atoms with Crippen LogP contribution in [0.1, 0.15) is 36.4 Å². The average Bonchev–Trinajstić information content (AvgIpc) is 2.40. The number of hydrogen-bond donors (Lipinski definition) is 1. The third kappa shape index (κ3) is 4.45. The van der Waals surface area contributed by atoms with Crippen molar-refractivity contribution >= 4 is 0 Å². The van der Waals surface area contributed by atoms with Crippen LogP contribution in [0.3, 0.4) is 0 Å². The molecule has 0 fully saturated rings. The molecule has 1 heterocycles. The molecular formula is C16H21N3. The van der Waals surface area contributed by atoms with Crippen molar-refractivity contribution in [2.24, 2.45) is 0 Å². The van der Waals surface area contributed by atoms with Gasteiger partial charge in [0.15, 0.2) is 0 Å². The second kappa shape index (κ2) is 6.43. The molecule has 19 heavy (non-hydrogen) atoms. The number of nitrogens with one attached hydrogen (secondary N) is 1. The molecule has 1 aromatic carbocycles. The van der Waals surface area contributed by atoms with Gasteiger partial charge in [-0.15, -0.1) is 0 Å². The van der Waals surface area contributed by atoms with Gasteiger partial charge in [0.05, 0.1) is 0 Å². The second-order valence-corrected chi connectivity index (χ2v) is 5.21. The largest absolute Gasteiger partial charge is 0.310 e. The van der Waals surface area contributed by atoms with Gasteiger partial charge in [-0.3, -0.25) is 0 Å². The summed E-state index contributed by atoms with van der Waals surface area (Å²) in [4.78, 5) is 8.85. The molecule has 100 valence electrons. The maximum absolute atomic E-state index is 4.42. The summed E-state index contributed by atoms with van der Waals surface area (Å²) in [6.07, 6.45) is 4.61. The fourth-order valence-electron chi connectivity index (χ4n) is 1.77. The Morgan fingerprint density at radius 2 is 1.63 bits per heavy atom. The van der Waals surface area contributed by atoms with E-state index in [1.807, 2.05) is 12.4 Å². The van der Waals surface area contributed by atoms with E-state index in [1.54, 1.807) is 0 Å². The molecule has 0 atom stereocenters. The van der Waals surface area contributed by atoms with E-state index >= 15 is 0 Å². The molecule has 0 radical (unpaired) electrons. The van der Waals surface area contributed by atoms with E-state index in [0.29, 0.717) is 6.04 Å². The highest BCUT2D eigenvalue weighted by molar-refractivity contribution is 5.24. The number of aromatic nitrogens is 2. The van der Waals surface area contributed by atoms with Crippen LogP contribution in [-0.4, -0.2) is 16.0 Å². The molecule has 0 aliphatic heterocycles. The van der Waals surface area contributed by atoms with Crippen LogP contribution in [0.2, 0.25) is 0 Å². The lowest BCUT2D eigenvalue weighted by atomic mass is 10.1. The molecule has 1 aromatic heterocycles. The molecule has 0 aliphatic carbocycles. The van der Waals surface area contributed by atoms with Crippen molar-refractivity contribution in [3.8, 4) is 0 Å². The normalized spacial score (nSPS) is 10.9. The average molecular weight is 255 g/mol. The molecule has 2 aromatic rings. The predicted octanol–water partition coefficient (Wildman–Crippen LogP) is 2.87. The van der Waals surface area contributed by atoms with Gasteiger partial charge in [-0.05, 0) is 12.5 Å². The standard InChI is InChI=1S/C16H21N3/c1-12(2)17-9-15-10-18-16(19-11-15)8-14-6-4-13(3)5-7-14/h4-7,10-12,17H,8-9H2,1-3H3. The number of hydrogen-bond acceptors (Lipinski definition) is 3. The van der Waals surface area contributed by atoms with E-state index in [4.69, 9.17) is 0 Å². The topological polar surface area (TPSA) is 37.8 Å². The van der Waals surface area contributed by atoms with Crippen molar-refractivity contribution in [3.05, 3.63) is 59.2 Å². The van der Waals surface area contributed by atoms with Crippen molar-refractivity contribution in [3.63, 3.8) is 0 Å². The van der Waals surface area contributed by atoms with Crippen molar-refractivity contribution in [2.75, 3.05) is 0 Å². The Morgan fingerprint density at radius 1 is 1.00 bits per heavy atom. The lowest BCUT2D eigenvalue weighted by Crippen LogP contribution is -2.22. The first-order valence-corrected chi connectivity index (χ1v) is 6.72. The third-order valence-corrected chi connectivity index (χ3v) is 2.96. The number of aryl methyl sites for hydroxylation is 1. The molecular weight excluding hydrogens is 234 g/mol. The fourth-order valence-corrected chi connectivity index (χ4v) is 1.77. The van der Waals surface area contributed by atoms with Crippen molar-refractivity contribution < 1.29 is 0 Å². The molecule has 0 saturated carbocycles. The summed E-state index contributed by atoms with van der Waals surface area (Å²) in [6.45, 7) is 7.18. The fraction of sp³-hybridized carbons (Fsp3) is 0.375. The Kier molecular flexibility index (Phi) is 4.63. The molecule has 0 saturated heterocycles. The smallest absolute Gasteiger partial charge is 0.132 e. The summed E-state index contributed by atoms with van der Waals surface area (Å²) in [5, 5.41) is 3.36. The lowest BCUT2D eigenvalue weighted by molar-refractivity contribution is 0.586. The quantitative estimate of drug-likeness (QED) is 0.892. The Labute approximate surface area is 115 Å². The van der Waals surface area contributed by atoms with Crippen LogP contribution < -0.4 is 5.32 Å². The van der Waals surface area contributed by atoms with E-state index in [9.17, 15) is 0 Å². The highest BCUT2D eigenvalue weighted by Gasteiger charge is 2.01. The van der Waals surface area contributed by atoms with Crippen LogP contribution in [0, 0.1) is 6.92 Å². The highest BCUT2D eigenvalue weighted by Crippen LogP contribution is 2.07. The van der Waals surface area contributed by atoms with Gasteiger partial charge in [0, 0.05) is 37.0 Å². The van der Waals surface area contributed by atoms with Gasteiger partial charge in [0.25, 0.3) is 0 Å². The molecule has 0 bridgehead atoms. The monoisotopic (exact) mass is 255 g/mol. The Bertz CT molecular complexity index is 501. The highest BCUT2D eigenvalue weighted by atomic mass is 14.9. The summed E-state index contributed by atoms with van der Waals surface area (Å²) in [5.41, 5.74) is 3.65. The summed E-state index contributed by atoms with van der Waals surface area (Å²) >= 11 is 0. The number of nitrogens with zero attached hydrogens (tertiary/aromatic N) is 2. The number of rotatable bonds is 5. The van der Waals surface area contributed by atoms with Gasteiger partial charge in [0.1, 0.15) is 5.82 Å². The summed E-state index contributed by atoms with van der Waals surface area (Å²) in [6, 6.07) is 8.99. The molecule has 0 unspecified atom stereocenters. The van der Waals surface area contributed by atoms with Gasteiger partial charge >= 0.3 is 0 Å². The Balaban J connectivity index is 1.96. The van der Waals surface area contributed by atoms with Crippen molar-refractivity contribution in [1.29, 1.82) is 0 Å². The maximum Gasteiger partial charge on any atom is 0.132 e. The predicted molar refractivity (Wildman–Crippen MR) is 78.0 cm³/mol. The Hall–Kier alpha value is -1.74. The van der Waals surface area contributed by atoms with Gasteiger partial charge in [-0.25, -0.2) is 9.97 Å². The molecule has 3 nitrogen and oxygen atoms in total. The van der Waals surface area contributed by atoms with Crippen molar-refractivity contribution in [2.45, 2.75) is 39.8 Å². The van der Waals surface area contributed by atoms with E-state index in [-0.39, 0.29) is 0 Å². The van der Waals surface area contributed by atoms with Crippen LogP contribution in [0.15, 0.2) is 36.7 Å². The molecule has 3 heteroatoms. The Morgan fingerprint density at radius 3 is 2.21 bits per heavy atom. The molecule has 0 amide bonds. The van der Waals surface area contributed by atoms with E-state index in [0.717, 1.165) is 24.4 Å². The van der Waals surface area contributed by atoms with E-state index in [1.165, 1.54) is 11.1 Å². The first-order valence-electron chi connectivity index (χ1n) is 6.72. The molecule has 2 rings (SSSR count). The zero-order valence-electron chi connectivity index (χ0n) is 11.9. The number of benzene rings is 1. The first kappa shape index (κ1) is 13.7. The maximum atomic E-state index is 4.42. The van der Waals surface area contributed by atoms with Crippen molar-refractivity contribution in [1.82, 2.24) is 15.3 Å². The molecule has 0 aliphatic rings. The van der Waals surface area contributed by atoms with Crippen LogP contribution in [0.4, 0.5) is 0 Å². The van der Waals surface area contributed by atoms with E-state index < -0.39 is 0 Å². The van der Waals surface area contributed by atoms with Gasteiger partial charge in [0.2, 0.25) is 0 Å². The van der Waals surface area contributed by atoms with Crippen LogP contribution in [0.5, 0.6) is 0 Å². The third-order valence-electron chi connectivity index (χ3n) is 2.96. The minimum Gasteiger partial charge on any atom is -0.310 e. The van der Waals surface area contributed by atoms with Gasteiger partial charge in [-0.1, -0.05) is 43.7 Å². The van der Waals surface area contributed by atoms with Crippen LogP contribution in [0.25, 0.3) is 0 Å². The minimum absolute atomic E-state index is 0.479. The van der Waals surface area contributed by atoms with Crippen LogP contribution in [-0.2, 0) is 13.0 Å². The van der Waals surface area contributed by atoms with E-state index in [2.05, 4.69) is 60.3 Å². The second-order valence-electron chi connectivity index (χ2n) is 5.21. The molecule has 0 spiro atoms. The zero-order valence-corrected chi connectivity index (χ0v) is 11.9. The first-order chi connectivity index (χ1) is 9.13. The summed E-state index contributed by atoms with van der Waals surface area (Å²) in [5.74, 6) is 0.872. The van der Waals surface area contributed by atoms with Crippen LogP contribution >= 0.6 is 0 Å². The SMILES string of the molecule is Cc1ccc(Cc2ncc(CNC(C)C)cn2)cc1. The minimum atomic E-state index is 0.479.